The molecule has 0 aliphatic heterocycles. The summed E-state index contributed by atoms with van der Waals surface area (Å²) < 4.78 is 5.26. The molecule has 1 aromatic heterocycles. The topological polar surface area (TPSA) is 39.2 Å². The third-order valence-corrected chi connectivity index (χ3v) is 2.07. The van der Waals surface area contributed by atoms with Crippen LogP contribution in [0.4, 0.5) is 0 Å². The van der Waals surface area contributed by atoms with Crippen molar-refractivity contribution in [3.05, 3.63) is 35.0 Å². The average Bonchev–Trinajstić information content (AvgIpc) is 2.46. The summed E-state index contributed by atoms with van der Waals surface area (Å²) in [5.74, 6) is 0. The third-order valence-electron chi connectivity index (χ3n) is 1.84. The molecular weight excluding hydrogens is 174 g/mol. The normalized spacial score (nSPS) is 10.8. The first-order valence-electron chi connectivity index (χ1n) is 3.67. The van der Waals surface area contributed by atoms with Gasteiger partial charge < -0.3 is 10.2 Å². The molecule has 1 aromatic carbocycles. The number of fused-ring (bicyclic) bond motifs is 1. The van der Waals surface area contributed by atoms with Crippen molar-refractivity contribution in [1.29, 1.82) is 0 Å². The van der Waals surface area contributed by atoms with E-state index in [1.165, 1.54) is 0 Å². The second kappa shape index (κ2) is 2.81. The van der Waals surface area contributed by atoms with E-state index in [4.69, 9.17) is 21.8 Å². The zero-order valence-corrected chi connectivity index (χ0v) is 7.14. The van der Waals surface area contributed by atoms with E-state index in [0.717, 1.165) is 16.5 Å². The van der Waals surface area contributed by atoms with Gasteiger partial charge in [-0.15, -0.1) is 0 Å². The summed E-state index contributed by atoms with van der Waals surface area (Å²) in [6, 6.07) is 5.51. The number of nitrogens with two attached hydrogens (primary N) is 1. The van der Waals surface area contributed by atoms with E-state index in [-0.39, 0.29) is 0 Å². The van der Waals surface area contributed by atoms with Crippen LogP contribution in [0, 0.1) is 0 Å². The van der Waals surface area contributed by atoms with Gasteiger partial charge >= 0.3 is 0 Å². The van der Waals surface area contributed by atoms with Gasteiger partial charge in [0.25, 0.3) is 0 Å². The minimum Gasteiger partial charge on any atom is -0.464 e. The Morgan fingerprint density at radius 3 is 3.00 bits per heavy atom. The van der Waals surface area contributed by atoms with Crippen LogP contribution in [-0.2, 0) is 6.54 Å². The monoisotopic (exact) mass is 181 g/mol. The Morgan fingerprint density at radius 2 is 2.25 bits per heavy atom. The van der Waals surface area contributed by atoms with E-state index in [0.29, 0.717) is 11.6 Å². The molecule has 0 atom stereocenters. The summed E-state index contributed by atoms with van der Waals surface area (Å²) in [5, 5.41) is 1.71. The smallest absolute Gasteiger partial charge is 0.134 e. The molecule has 0 saturated carbocycles. The van der Waals surface area contributed by atoms with Crippen molar-refractivity contribution in [3.8, 4) is 0 Å². The maximum atomic E-state index is 5.82. The number of hydrogen-bond acceptors (Lipinski definition) is 2. The molecule has 0 fully saturated rings. The lowest BCUT2D eigenvalue weighted by Crippen LogP contribution is -1.93. The first kappa shape index (κ1) is 7.65. The van der Waals surface area contributed by atoms with Crippen molar-refractivity contribution < 1.29 is 4.42 Å². The Morgan fingerprint density at radius 1 is 1.42 bits per heavy atom. The van der Waals surface area contributed by atoms with Gasteiger partial charge in [-0.1, -0.05) is 11.6 Å². The Hall–Kier alpha value is -0.990. The largest absolute Gasteiger partial charge is 0.464 e. The van der Waals surface area contributed by atoms with Crippen molar-refractivity contribution in [2.24, 2.45) is 5.73 Å². The highest BCUT2D eigenvalue weighted by atomic mass is 35.5. The highest BCUT2D eigenvalue weighted by molar-refractivity contribution is 6.31. The van der Waals surface area contributed by atoms with Crippen LogP contribution >= 0.6 is 11.6 Å². The van der Waals surface area contributed by atoms with Crippen LogP contribution in [0.5, 0.6) is 0 Å². The Kier molecular flexibility index (Phi) is 1.79. The van der Waals surface area contributed by atoms with Gasteiger partial charge in [0.1, 0.15) is 5.58 Å². The van der Waals surface area contributed by atoms with Gasteiger partial charge in [0, 0.05) is 22.5 Å². The van der Waals surface area contributed by atoms with Gasteiger partial charge in [0.2, 0.25) is 0 Å². The van der Waals surface area contributed by atoms with Crippen molar-refractivity contribution in [2.75, 3.05) is 0 Å². The lowest BCUT2D eigenvalue weighted by molar-refractivity contribution is 0.610. The average molecular weight is 182 g/mol. The zero-order chi connectivity index (χ0) is 8.55. The highest BCUT2D eigenvalue weighted by Gasteiger charge is 2.03. The maximum absolute atomic E-state index is 5.82. The molecule has 0 amide bonds. The molecule has 1 heterocycles. The van der Waals surface area contributed by atoms with Gasteiger partial charge in [0.05, 0.1) is 6.26 Å². The molecule has 0 unspecified atom stereocenters. The number of benzene rings is 1. The lowest BCUT2D eigenvalue weighted by atomic mass is 10.2. The van der Waals surface area contributed by atoms with Crippen molar-refractivity contribution in [3.63, 3.8) is 0 Å². The predicted octanol–water partition coefficient (Wildman–Crippen LogP) is 2.54. The van der Waals surface area contributed by atoms with Crippen LogP contribution < -0.4 is 5.73 Å². The molecule has 12 heavy (non-hydrogen) atoms. The maximum Gasteiger partial charge on any atom is 0.134 e. The third kappa shape index (κ3) is 1.09. The van der Waals surface area contributed by atoms with Gasteiger partial charge in [-0.25, -0.2) is 0 Å². The first-order chi connectivity index (χ1) is 5.81. The predicted molar refractivity (Wildman–Crippen MR) is 49.1 cm³/mol. The summed E-state index contributed by atoms with van der Waals surface area (Å²) in [6.07, 6.45) is 1.67. The van der Waals surface area contributed by atoms with Crippen LogP contribution in [0.25, 0.3) is 11.0 Å². The molecule has 0 saturated heterocycles. The van der Waals surface area contributed by atoms with E-state index >= 15 is 0 Å². The first-order valence-corrected chi connectivity index (χ1v) is 4.05. The molecule has 0 aliphatic rings. The molecule has 0 aliphatic carbocycles. The second-order valence-corrected chi connectivity index (χ2v) is 3.04. The fourth-order valence-corrected chi connectivity index (χ4v) is 1.38. The zero-order valence-electron chi connectivity index (χ0n) is 6.38. The molecule has 2 rings (SSSR count). The van der Waals surface area contributed by atoms with Crippen molar-refractivity contribution >= 4 is 22.6 Å². The summed E-state index contributed by atoms with van der Waals surface area (Å²) in [6.45, 7) is 0.480. The van der Waals surface area contributed by atoms with E-state index in [1.54, 1.807) is 12.3 Å². The molecule has 0 bridgehead atoms. The fourth-order valence-electron chi connectivity index (χ4n) is 1.21. The minimum atomic E-state index is 0.480. The van der Waals surface area contributed by atoms with E-state index in [1.807, 2.05) is 12.1 Å². The number of furan rings is 1. The molecule has 2 N–H and O–H groups in total. The van der Waals surface area contributed by atoms with Gasteiger partial charge in [-0.2, -0.15) is 0 Å². The second-order valence-electron chi connectivity index (χ2n) is 2.61. The molecular formula is C9H8ClNO. The van der Waals surface area contributed by atoms with E-state index in [2.05, 4.69) is 0 Å². The highest BCUT2D eigenvalue weighted by Crippen LogP contribution is 2.23. The van der Waals surface area contributed by atoms with Gasteiger partial charge in [-0.3, -0.25) is 0 Å². The van der Waals surface area contributed by atoms with E-state index < -0.39 is 0 Å². The lowest BCUT2D eigenvalue weighted by Gasteiger charge is -1.92. The summed E-state index contributed by atoms with van der Waals surface area (Å²) >= 11 is 5.82. The standard InChI is InChI=1S/C9H8ClNO/c10-7-1-2-9-8(3-7)6(4-11)5-12-9/h1-3,5H,4,11H2. The number of hydrogen-bond donors (Lipinski definition) is 1. The van der Waals surface area contributed by atoms with E-state index in [9.17, 15) is 0 Å². The summed E-state index contributed by atoms with van der Waals surface area (Å²) in [4.78, 5) is 0. The van der Waals surface area contributed by atoms with Crippen LogP contribution in [-0.4, -0.2) is 0 Å². The molecule has 2 nitrogen and oxygen atoms in total. The minimum absolute atomic E-state index is 0.480. The summed E-state index contributed by atoms with van der Waals surface area (Å²) in [5.41, 5.74) is 7.33. The molecule has 2 aromatic rings. The Balaban J connectivity index is 2.75. The molecule has 3 heteroatoms. The van der Waals surface area contributed by atoms with Crippen LogP contribution in [0.3, 0.4) is 0 Å². The molecule has 0 radical (unpaired) electrons. The van der Waals surface area contributed by atoms with Crippen molar-refractivity contribution in [1.82, 2.24) is 0 Å². The quantitative estimate of drug-likeness (QED) is 0.735. The molecule has 0 spiro atoms. The van der Waals surface area contributed by atoms with Crippen LogP contribution in [0.1, 0.15) is 5.56 Å². The van der Waals surface area contributed by atoms with Crippen LogP contribution in [0.15, 0.2) is 28.9 Å². The fraction of sp³-hybridized carbons (Fsp3) is 0.111. The summed E-state index contributed by atoms with van der Waals surface area (Å²) in [7, 11) is 0. The SMILES string of the molecule is NCc1coc2ccc(Cl)cc12. The number of halogens is 1. The Labute approximate surface area is 74.9 Å². The van der Waals surface area contributed by atoms with Crippen LogP contribution in [0.2, 0.25) is 5.02 Å². The Bertz CT molecular complexity index is 408. The molecule has 62 valence electrons. The van der Waals surface area contributed by atoms with Gasteiger partial charge in [0.15, 0.2) is 0 Å². The van der Waals surface area contributed by atoms with Gasteiger partial charge in [-0.05, 0) is 18.2 Å². The number of rotatable bonds is 1. The van der Waals surface area contributed by atoms with Crippen molar-refractivity contribution in [2.45, 2.75) is 6.54 Å².